The number of amides is 2. The molecule has 0 saturated carbocycles. The van der Waals surface area contributed by atoms with Crippen molar-refractivity contribution in [2.24, 2.45) is 0 Å². The van der Waals surface area contributed by atoms with E-state index in [9.17, 15) is 14.0 Å². The Balaban J connectivity index is 2.07. The predicted octanol–water partition coefficient (Wildman–Crippen LogP) is 3.45. The van der Waals surface area contributed by atoms with Crippen LogP contribution in [0.1, 0.15) is 5.56 Å². The lowest BCUT2D eigenvalue weighted by molar-refractivity contribution is -0.142. The Kier molecular flexibility index (Phi) is 6.82. The maximum absolute atomic E-state index is 13.0. The highest BCUT2D eigenvalue weighted by Crippen LogP contribution is 2.24. The molecule has 25 heavy (non-hydrogen) atoms. The first kappa shape index (κ1) is 18.8. The first-order valence-corrected chi connectivity index (χ1v) is 8.78. The number of para-hydroxylation sites is 1. The third-order valence-corrected chi connectivity index (χ3v) is 4.30. The molecule has 0 spiro atoms. The Bertz CT molecular complexity index is 737. The fourth-order valence-electron chi connectivity index (χ4n) is 2.26. The molecular formula is C18H19FN2O3S. The second kappa shape index (κ2) is 9.08. The molecule has 2 aromatic carbocycles. The smallest absolute Gasteiger partial charge is 0.328 e. The Morgan fingerprint density at radius 2 is 1.84 bits per heavy atom. The van der Waals surface area contributed by atoms with Gasteiger partial charge >= 0.3 is 12.0 Å². The number of nitrogens with one attached hydrogen (secondary N) is 2. The molecule has 0 aliphatic heterocycles. The van der Waals surface area contributed by atoms with Crippen molar-refractivity contribution >= 4 is 29.4 Å². The van der Waals surface area contributed by atoms with Crippen LogP contribution in [-0.4, -0.2) is 31.4 Å². The minimum atomic E-state index is -0.878. The molecule has 2 aromatic rings. The minimum Gasteiger partial charge on any atom is -0.467 e. The van der Waals surface area contributed by atoms with Gasteiger partial charge < -0.3 is 15.4 Å². The van der Waals surface area contributed by atoms with Crippen molar-refractivity contribution in [3.05, 3.63) is 59.9 Å². The summed E-state index contributed by atoms with van der Waals surface area (Å²) in [4.78, 5) is 25.1. The maximum Gasteiger partial charge on any atom is 0.328 e. The van der Waals surface area contributed by atoms with E-state index < -0.39 is 18.0 Å². The summed E-state index contributed by atoms with van der Waals surface area (Å²) in [7, 11) is 1.25. The molecular weight excluding hydrogens is 343 g/mol. The Morgan fingerprint density at radius 3 is 2.48 bits per heavy atom. The molecule has 0 heterocycles. The van der Waals surface area contributed by atoms with Gasteiger partial charge in [0.2, 0.25) is 0 Å². The molecule has 2 N–H and O–H groups in total. The topological polar surface area (TPSA) is 67.4 Å². The van der Waals surface area contributed by atoms with Crippen LogP contribution in [0.3, 0.4) is 0 Å². The number of hydrogen-bond acceptors (Lipinski definition) is 4. The summed E-state index contributed by atoms with van der Waals surface area (Å²) in [6, 6.07) is 11.7. The van der Waals surface area contributed by atoms with E-state index in [0.29, 0.717) is 11.3 Å². The quantitative estimate of drug-likeness (QED) is 0.610. The number of urea groups is 1. The number of rotatable bonds is 6. The van der Waals surface area contributed by atoms with Gasteiger partial charge in [0.25, 0.3) is 0 Å². The van der Waals surface area contributed by atoms with E-state index >= 15 is 0 Å². The van der Waals surface area contributed by atoms with Crippen molar-refractivity contribution < 1.29 is 18.7 Å². The fourth-order valence-corrected chi connectivity index (χ4v) is 2.81. The highest BCUT2D eigenvalue weighted by atomic mass is 32.2. The van der Waals surface area contributed by atoms with E-state index in [1.165, 1.54) is 31.0 Å². The van der Waals surface area contributed by atoms with Gasteiger partial charge in [-0.05, 0) is 36.1 Å². The predicted molar refractivity (Wildman–Crippen MR) is 96.3 cm³/mol. The lowest BCUT2D eigenvalue weighted by Gasteiger charge is -2.18. The average molecular weight is 362 g/mol. The number of benzene rings is 2. The Labute approximate surface area is 150 Å². The van der Waals surface area contributed by atoms with Gasteiger partial charge in [0.1, 0.15) is 11.9 Å². The van der Waals surface area contributed by atoms with E-state index in [0.717, 1.165) is 4.90 Å². The number of hydrogen-bond donors (Lipinski definition) is 2. The zero-order chi connectivity index (χ0) is 18.2. The molecule has 2 amide bonds. The molecule has 0 bridgehead atoms. The van der Waals surface area contributed by atoms with Gasteiger partial charge in [-0.1, -0.05) is 24.3 Å². The van der Waals surface area contributed by atoms with Gasteiger partial charge in [-0.15, -0.1) is 11.8 Å². The molecule has 1 unspecified atom stereocenters. The molecule has 0 fully saturated rings. The molecule has 1 atom stereocenters. The Hall–Kier alpha value is -2.54. The molecule has 2 rings (SSSR count). The number of ether oxygens (including phenoxy) is 1. The largest absolute Gasteiger partial charge is 0.467 e. The molecule has 0 radical (unpaired) electrons. The highest BCUT2D eigenvalue weighted by Gasteiger charge is 2.22. The Morgan fingerprint density at radius 1 is 1.16 bits per heavy atom. The first-order valence-electron chi connectivity index (χ1n) is 7.56. The molecule has 7 heteroatoms. The average Bonchev–Trinajstić information content (AvgIpc) is 2.62. The second-order valence-electron chi connectivity index (χ2n) is 5.21. The summed E-state index contributed by atoms with van der Waals surface area (Å²) in [5.74, 6) is -0.935. The van der Waals surface area contributed by atoms with Crippen molar-refractivity contribution in [1.29, 1.82) is 0 Å². The summed E-state index contributed by atoms with van der Waals surface area (Å²) in [6.07, 6.45) is 2.11. The van der Waals surface area contributed by atoms with Crippen LogP contribution < -0.4 is 10.6 Å². The molecule has 0 aliphatic carbocycles. The van der Waals surface area contributed by atoms with Crippen LogP contribution in [0.4, 0.5) is 14.9 Å². The highest BCUT2D eigenvalue weighted by molar-refractivity contribution is 7.98. The number of carbonyl (C=O) groups is 2. The standard InChI is InChI=1S/C18H19FN2O3S/c1-24-17(22)15(11-12-7-9-13(19)10-8-12)21-18(23)20-14-5-3-4-6-16(14)25-2/h3-10,15H,11H2,1-2H3,(H2,20,21,23). The normalized spacial score (nSPS) is 11.5. The van der Waals surface area contributed by atoms with Gasteiger partial charge in [-0.3, -0.25) is 0 Å². The molecule has 5 nitrogen and oxygen atoms in total. The molecule has 0 aliphatic rings. The van der Waals surface area contributed by atoms with E-state index in [4.69, 9.17) is 4.74 Å². The lowest BCUT2D eigenvalue weighted by atomic mass is 10.1. The van der Waals surface area contributed by atoms with E-state index in [1.807, 2.05) is 24.5 Å². The SMILES string of the molecule is COC(=O)C(Cc1ccc(F)cc1)NC(=O)Nc1ccccc1SC. The van der Waals surface area contributed by atoms with E-state index in [1.54, 1.807) is 18.2 Å². The molecule has 0 aromatic heterocycles. The fraction of sp³-hybridized carbons (Fsp3) is 0.222. The van der Waals surface area contributed by atoms with Gasteiger partial charge in [0.15, 0.2) is 0 Å². The number of esters is 1. The van der Waals surface area contributed by atoms with Crippen LogP contribution in [0.5, 0.6) is 0 Å². The summed E-state index contributed by atoms with van der Waals surface area (Å²) in [6.45, 7) is 0. The zero-order valence-electron chi connectivity index (χ0n) is 13.9. The van der Waals surface area contributed by atoms with Crippen LogP contribution in [0, 0.1) is 5.82 Å². The minimum absolute atomic E-state index is 0.199. The van der Waals surface area contributed by atoms with Crippen LogP contribution in [0.2, 0.25) is 0 Å². The maximum atomic E-state index is 13.0. The monoisotopic (exact) mass is 362 g/mol. The van der Waals surface area contributed by atoms with Gasteiger partial charge in [-0.25, -0.2) is 14.0 Å². The first-order chi connectivity index (χ1) is 12.0. The van der Waals surface area contributed by atoms with Crippen molar-refractivity contribution in [3.8, 4) is 0 Å². The van der Waals surface area contributed by atoms with Crippen molar-refractivity contribution in [2.75, 3.05) is 18.7 Å². The number of carbonyl (C=O) groups excluding carboxylic acids is 2. The van der Waals surface area contributed by atoms with Crippen LogP contribution in [-0.2, 0) is 16.0 Å². The van der Waals surface area contributed by atoms with Crippen molar-refractivity contribution in [1.82, 2.24) is 5.32 Å². The lowest BCUT2D eigenvalue weighted by Crippen LogP contribution is -2.45. The summed E-state index contributed by atoms with van der Waals surface area (Å²) < 4.78 is 17.7. The number of halogens is 1. The number of anilines is 1. The molecule has 0 saturated heterocycles. The third kappa shape index (κ3) is 5.49. The molecule has 132 valence electrons. The summed E-state index contributed by atoms with van der Waals surface area (Å²) in [5.41, 5.74) is 1.36. The van der Waals surface area contributed by atoms with Crippen LogP contribution >= 0.6 is 11.8 Å². The summed E-state index contributed by atoms with van der Waals surface area (Å²) >= 11 is 1.50. The number of methoxy groups -OCH3 is 1. The number of thioether (sulfide) groups is 1. The van der Waals surface area contributed by atoms with Crippen molar-refractivity contribution in [2.45, 2.75) is 17.4 Å². The van der Waals surface area contributed by atoms with Crippen LogP contribution in [0.15, 0.2) is 53.4 Å². The van der Waals surface area contributed by atoms with Crippen LogP contribution in [0.25, 0.3) is 0 Å². The van der Waals surface area contributed by atoms with E-state index in [2.05, 4.69) is 10.6 Å². The van der Waals surface area contributed by atoms with Gasteiger partial charge in [0.05, 0.1) is 12.8 Å². The zero-order valence-corrected chi connectivity index (χ0v) is 14.7. The van der Waals surface area contributed by atoms with E-state index in [-0.39, 0.29) is 12.2 Å². The summed E-state index contributed by atoms with van der Waals surface area (Å²) in [5, 5.41) is 5.33. The van der Waals surface area contributed by atoms with Crippen molar-refractivity contribution in [3.63, 3.8) is 0 Å². The van der Waals surface area contributed by atoms with Gasteiger partial charge in [0, 0.05) is 11.3 Å². The van der Waals surface area contributed by atoms with Gasteiger partial charge in [-0.2, -0.15) is 0 Å². The third-order valence-electron chi connectivity index (χ3n) is 3.50. The second-order valence-corrected chi connectivity index (χ2v) is 6.05.